The quantitative estimate of drug-likeness (QED) is 0.113. The largest absolute Gasteiger partial charge is 0.455 e. The van der Waals surface area contributed by atoms with Crippen LogP contribution in [-0.4, -0.2) is 11.6 Å². The standard InChI is InChI=1S/C44H32N2O4/c45-37-27-33(22-24-41(37)49-39-20-9-7-18-35(39)29-12-3-1-4-13-29)43(47)31-16-11-17-32(26-31)44(48)34-23-25-42(38(46)28-34)50-40-21-10-8-19-36(40)30-14-5-2-6-15-30/h1-28H,45-46H2. The molecule has 242 valence electrons. The van der Waals surface area contributed by atoms with Gasteiger partial charge in [-0.1, -0.05) is 115 Å². The summed E-state index contributed by atoms with van der Waals surface area (Å²) in [5.74, 6) is 1.61. The molecule has 6 heteroatoms. The molecule has 0 saturated heterocycles. The molecule has 4 N–H and O–H groups in total. The molecule has 0 aromatic heterocycles. The maximum atomic E-state index is 13.6. The smallest absolute Gasteiger partial charge is 0.193 e. The molecule has 50 heavy (non-hydrogen) atoms. The topological polar surface area (TPSA) is 105 Å². The van der Waals surface area contributed by atoms with Gasteiger partial charge in [0.05, 0.1) is 11.4 Å². The number of rotatable bonds is 10. The Kier molecular flexibility index (Phi) is 8.90. The van der Waals surface area contributed by atoms with Crippen molar-refractivity contribution in [1.82, 2.24) is 0 Å². The summed E-state index contributed by atoms with van der Waals surface area (Å²) in [4.78, 5) is 27.2. The second-order valence-corrected chi connectivity index (χ2v) is 11.7. The van der Waals surface area contributed by atoms with Gasteiger partial charge in [-0.15, -0.1) is 0 Å². The second kappa shape index (κ2) is 14.1. The summed E-state index contributed by atoms with van der Waals surface area (Å²) in [7, 11) is 0. The number of hydrogen-bond donors (Lipinski definition) is 2. The van der Waals surface area contributed by atoms with E-state index in [1.165, 1.54) is 0 Å². The van der Waals surface area contributed by atoms with E-state index in [0.29, 0.717) is 56.6 Å². The summed E-state index contributed by atoms with van der Waals surface area (Å²) >= 11 is 0. The molecule has 0 bridgehead atoms. The molecule has 7 rings (SSSR count). The maximum absolute atomic E-state index is 13.6. The van der Waals surface area contributed by atoms with E-state index < -0.39 is 0 Å². The predicted octanol–water partition coefficient (Wildman–Crippen LogP) is 10.2. The molecule has 7 aromatic rings. The first kappa shape index (κ1) is 31.7. The number of carbonyl (C=O) groups is 2. The van der Waals surface area contributed by atoms with Gasteiger partial charge in [-0.2, -0.15) is 0 Å². The summed E-state index contributed by atoms with van der Waals surface area (Å²) in [6.07, 6.45) is 0. The minimum absolute atomic E-state index is 0.275. The first-order chi connectivity index (χ1) is 24.4. The zero-order valence-electron chi connectivity index (χ0n) is 27.0. The van der Waals surface area contributed by atoms with Crippen LogP contribution in [-0.2, 0) is 0 Å². The van der Waals surface area contributed by atoms with Gasteiger partial charge < -0.3 is 20.9 Å². The average Bonchev–Trinajstić information content (AvgIpc) is 3.17. The maximum Gasteiger partial charge on any atom is 0.193 e. The monoisotopic (exact) mass is 652 g/mol. The zero-order valence-corrected chi connectivity index (χ0v) is 27.0. The molecule has 0 amide bonds. The van der Waals surface area contributed by atoms with Crippen LogP contribution in [0.1, 0.15) is 31.8 Å². The van der Waals surface area contributed by atoms with Crippen LogP contribution in [0.2, 0.25) is 0 Å². The van der Waals surface area contributed by atoms with Gasteiger partial charge in [0, 0.05) is 33.4 Å². The summed E-state index contributed by atoms with van der Waals surface area (Å²) in [6, 6.07) is 51.8. The summed E-state index contributed by atoms with van der Waals surface area (Å²) < 4.78 is 12.4. The lowest BCUT2D eigenvalue weighted by atomic mass is 9.97. The van der Waals surface area contributed by atoms with Gasteiger partial charge in [0.2, 0.25) is 0 Å². The van der Waals surface area contributed by atoms with Crippen molar-refractivity contribution in [2.45, 2.75) is 0 Å². The van der Waals surface area contributed by atoms with Crippen LogP contribution in [0.5, 0.6) is 23.0 Å². The molecule has 0 fully saturated rings. The third-order valence-electron chi connectivity index (χ3n) is 8.31. The molecule has 6 nitrogen and oxygen atoms in total. The van der Waals surface area contributed by atoms with Crippen molar-refractivity contribution in [2.75, 3.05) is 11.5 Å². The van der Waals surface area contributed by atoms with Crippen molar-refractivity contribution >= 4 is 22.9 Å². The Morgan fingerprint density at radius 3 is 1.16 bits per heavy atom. The van der Waals surface area contributed by atoms with E-state index in [2.05, 4.69) is 0 Å². The number of benzene rings is 7. The van der Waals surface area contributed by atoms with Gasteiger partial charge in [0.1, 0.15) is 23.0 Å². The fourth-order valence-electron chi connectivity index (χ4n) is 5.76. The van der Waals surface area contributed by atoms with E-state index in [4.69, 9.17) is 20.9 Å². The second-order valence-electron chi connectivity index (χ2n) is 11.7. The van der Waals surface area contributed by atoms with Crippen LogP contribution in [0.25, 0.3) is 22.3 Å². The normalized spacial score (nSPS) is 10.7. The Morgan fingerprint density at radius 1 is 0.360 bits per heavy atom. The van der Waals surface area contributed by atoms with E-state index in [1.54, 1.807) is 60.7 Å². The van der Waals surface area contributed by atoms with Crippen molar-refractivity contribution in [3.63, 3.8) is 0 Å². The fourth-order valence-corrected chi connectivity index (χ4v) is 5.76. The molecule has 0 saturated carbocycles. The van der Waals surface area contributed by atoms with E-state index in [-0.39, 0.29) is 11.6 Å². The lowest BCUT2D eigenvalue weighted by molar-refractivity contribution is 0.103. The molecular weight excluding hydrogens is 620 g/mol. The molecular formula is C44H32N2O4. The first-order valence-electron chi connectivity index (χ1n) is 16.1. The Hall–Kier alpha value is -6.92. The van der Waals surface area contributed by atoms with Crippen LogP contribution >= 0.6 is 0 Å². The predicted molar refractivity (Wildman–Crippen MR) is 199 cm³/mol. The number of anilines is 2. The van der Waals surface area contributed by atoms with E-state index >= 15 is 0 Å². The third kappa shape index (κ3) is 6.72. The molecule has 0 aliphatic heterocycles. The Labute approximate surface area is 290 Å². The number of carbonyl (C=O) groups excluding carboxylic acids is 2. The number of nitrogens with two attached hydrogens (primary N) is 2. The minimum atomic E-state index is -0.275. The highest BCUT2D eigenvalue weighted by atomic mass is 16.5. The highest BCUT2D eigenvalue weighted by molar-refractivity contribution is 6.13. The van der Waals surface area contributed by atoms with Crippen LogP contribution in [0, 0.1) is 0 Å². The highest BCUT2D eigenvalue weighted by Crippen LogP contribution is 2.37. The van der Waals surface area contributed by atoms with Crippen molar-refractivity contribution in [1.29, 1.82) is 0 Å². The summed E-state index contributed by atoms with van der Waals surface area (Å²) in [5.41, 5.74) is 18.7. The number of nitrogen functional groups attached to an aromatic ring is 2. The van der Waals surface area contributed by atoms with Crippen LogP contribution < -0.4 is 20.9 Å². The van der Waals surface area contributed by atoms with Crippen LogP contribution in [0.15, 0.2) is 170 Å². The van der Waals surface area contributed by atoms with E-state index in [9.17, 15) is 9.59 Å². The molecule has 7 aromatic carbocycles. The molecule has 0 aliphatic carbocycles. The summed E-state index contributed by atoms with van der Waals surface area (Å²) in [5, 5.41) is 0. The Morgan fingerprint density at radius 2 is 0.740 bits per heavy atom. The van der Waals surface area contributed by atoms with Crippen LogP contribution in [0.4, 0.5) is 11.4 Å². The SMILES string of the molecule is Nc1cc(C(=O)c2cccc(C(=O)c3ccc(Oc4ccccc4-c4ccccc4)c(N)c3)c2)ccc1Oc1ccccc1-c1ccccc1. The van der Waals surface area contributed by atoms with Gasteiger partial charge in [0.25, 0.3) is 0 Å². The van der Waals surface area contributed by atoms with Gasteiger partial charge >= 0.3 is 0 Å². The summed E-state index contributed by atoms with van der Waals surface area (Å²) in [6.45, 7) is 0. The van der Waals surface area contributed by atoms with E-state index in [1.807, 2.05) is 109 Å². The number of ketones is 2. The third-order valence-corrected chi connectivity index (χ3v) is 8.31. The molecule has 0 unspecified atom stereocenters. The van der Waals surface area contributed by atoms with Crippen LogP contribution in [0.3, 0.4) is 0 Å². The zero-order chi connectivity index (χ0) is 34.5. The first-order valence-corrected chi connectivity index (χ1v) is 16.1. The Bertz CT molecular complexity index is 2170. The number of hydrogen-bond acceptors (Lipinski definition) is 6. The molecule has 0 heterocycles. The van der Waals surface area contributed by atoms with Gasteiger partial charge in [-0.25, -0.2) is 0 Å². The average molecular weight is 653 g/mol. The van der Waals surface area contributed by atoms with Gasteiger partial charge in [-0.05, 0) is 65.7 Å². The lowest BCUT2D eigenvalue weighted by Gasteiger charge is -2.14. The molecule has 0 aliphatic rings. The number of ether oxygens (including phenoxy) is 2. The molecule has 0 radical (unpaired) electrons. The van der Waals surface area contributed by atoms with Crippen molar-refractivity contribution in [3.8, 4) is 45.3 Å². The highest BCUT2D eigenvalue weighted by Gasteiger charge is 2.18. The van der Waals surface area contributed by atoms with E-state index in [0.717, 1.165) is 22.3 Å². The minimum Gasteiger partial charge on any atom is -0.455 e. The van der Waals surface area contributed by atoms with Crippen molar-refractivity contribution in [3.05, 3.63) is 192 Å². The van der Waals surface area contributed by atoms with Gasteiger partial charge in [0.15, 0.2) is 11.6 Å². The van der Waals surface area contributed by atoms with Crippen molar-refractivity contribution in [2.24, 2.45) is 0 Å². The molecule has 0 atom stereocenters. The van der Waals surface area contributed by atoms with Crippen molar-refractivity contribution < 1.29 is 19.1 Å². The number of para-hydroxylation sites is 2. The fraction of sp³-hybridized carbons (Fsp3) is 0. The van der Waals surface area contributed by atoms with Gasteiger partial charge in [-0.3, -0.25) is 9.59 Å². The molecule has 0 spiro atoms. The Balaban J connectivity index is 1.08. The lowest BCUT2D eigenvalue weighted by Crippen LogP contribution is -2.07.